The highest BCUT2D eigenvalue weighted by molar-refractivity contribution is 14.0. The van der Waals surface area contributed by atoms with Crippen molar-refractivity contribution >= 4 is 47.2 Å². The summed E-state index contributed by atoms with van der Waals surface area (Å²) in [5.41, 5.74) is 7.37. The van der Waals surface area contributed by atoms with E-state index in [1.807, 2.05) is 30.3 Å². The van der Waals surface area contributed by atoms with Gasteiger partial charge in [-0.15, -0.1) is 24.0 Å². The smallest absolute Gasteiger partial charge is 0.193 e. The first-order valence-corrected chi connectivity index (χ1v) is 6.58. The lowest BCUT2D eigenvalue weighted by Crippen LogP contribution is -2.23. The van der Waals surface area contributed by atoms with Gasteiger partial charge >= 0.3 is 0 Å². The molecule has 4 nitrogen and oxygen atoms in total. The number of anilines is 1. The maximum Gasteiger partial charge on any atom is 0.193 e. The predicted octanol–water partition coefficient (Wildman–Crippen LogP) is 3.42. The minimum absolute atomic E-state index is 0. The average molecular weight is 418 g/mol. The van der Waals surface area contributed by atoms with Gasteiger partial charge in [0.25, 0.3) is 0 Å². The van der Waals surface area contributed by atoms with E-state index >= 15 is 0 Å². The SMILES string of the molecule is I.NC(=NCC(O)c1ccc(Cl)cc1)Nc1ccccc1. The van der Waals surface area contributed by atoms with Crippen LogP contribution in [0.2, 0.25) is 5.02 Å². The van der Waals surface area contributed by atoms with Crippen LogP contribution in [-0.4, -0.2) is 17.6 Å². The van der Waals surface area contributed by atoms with E-state index in [4.69, 9.17) is 17.3 Å². The predicted molar refractivity (Wildman–Crippen MR) is 98.4 cm³/mol. The number of nitrogens with two attached hydrogens (primary N) is 1. The van der Waals surface area contributed by atoms with Gasteiger partial charge in [-0.05, 0) is 29.8 Å². The van der Waals surface area contributed by atoms with E-state index in [0.29, 0.717) is 5.02 Å². The van der Waals surface area contributed by atoms with Gasteiger partial charge in [-0.1, -0.05) is 41.9 Å². The first-order valence-electron chi connectivity index (χ1n) is 6.20. The molecule has 0 spiro atoms. The number of nitrogens with one attached hydrogen (secondary N) is 1. The van der Waals surface area contributed by atoms with Crippen molar-refractivity contribution in [2.75, 3.05) is 11.9 Å². The van der Waals surface area contributed by atoms with Crippen molar-refractivity contribution in [1.82, 2.24) is 0 Å². The van der Waals surface area contributed by atoms with Crippen LogP contribution in [0.5, 0.6) is 0 Å². The second kappa shape index (κ2) is 8.86. The maximum atomic E-state index is 9.99. The largest absolute Gasteiger partial charge is 0.386 e. The van der Waals surface area contributed by atoms with Gasteiger partial charge in [0.1, 0.15) is 0 Å². The molecule has 1 unspecified atom stereocenters. The van der Waals surface area contributed by atoms with Crippen molar-refractivity contribution in [2.45, 2.75) is 6.10 Å². The maximum absolute atomic E-state index is 9.99. The van der Waals surface area contributed by atoms with E-state index in [9.17, 15) is 5.11 Å². The van der Waals surface area contributed by atoms with E-state index in [-0.39, 0.29) is 36.5 Å². The highest BCUT2D eigenvalue weighted by Gasteiger charge is 2.06. The Morgan fingerprint density at radius 1 is 1.14 bits per heavy atom. The Morgan fingerprint density at radius 3 is 2.38 bits per heavy atom. The summed E-state index contributed by atoms with van der Waals surface area (Å²) in [5.74, 6) is 0.268. The van der Waals surface area contributed by atoms with E-state index in [2.05, 4.69) is 10.3 Å². The molecule has 0 saturated carbocycles. The standard InChI is InChI=1S/C15H16ClN3O.HI/c16-12-8-6-11(7-9-12)14(20)10-18-15(17)19-13-4-2-1-3-5-13;/h1-9,14,20H,10H2,(H3,17,18,19);1H. The number of benzene rings is 2. The first-order chi connectivity index (χ1) is 9.65. The van der Waals surface area contributed by atoms with Gasteiger partial charge in [0.2, 0.25) is 0 Å². The molecule has 4 N–H and O–H groups in total. The van der Waals surface area contributed by atoms with Crippen LogP contribution in [0.3, 0.4) is 0 Å². The first kappa shape index (κ1) is 17.7. The summed E-state index contributed by atoms with van der Waals surface area (Å²) >= 11 is 5.79. The third kappa shape index (κ3) is 5.91. The van der Waals surface area contributed by atoms with Gasteiger partial charge < -0.3 is 16.2 Å². The van der Waals surface area contributed by atoms with Crippen LogP contribution < -0.4 is 11.1 Å². The lowest BCUT2D eigenvalue weighted by atomic mass is 10.1. The fourth-order valence-electron chi connectivity index (χ4n) is 1.68. The molecule has 6 heteroatoms. The van der Waals surface area contributed by atoms with Crippen LogP contribution in [-0.2, 0) is 0 Å². The highest BCUT2D eigenvalue weighted by atomic mass is 127. The van der Waals surface area contributed by atoms with Gasteiger partial charge in [-0.25, -0.2) is 0 Å². The molecule has 0 bridgehead atoms. The van der Waals surface area contributed by atoms with Crippen LogP contribution in [0, 0.1) is 0 Å². The van der Waals surface area contributed by atoms with Crippen molar-refractivity contribution in [1.29, 1.82) is 0 Å². The molecule has 0 heterocycles. The molecule has 0 aromatic heterocycles. The lowest BCUT2D eigenvalue weighted by molar-refractivity contribution is 0.187. The normalized spacial score (nSPS) is 12.4. The van der Waals surface area contributed by atoms with Crippen LogP contribution in [0.4, 0.5) is 5.69 Å². The second-order valence-corrected chi connectivity index (χ2v) is 4.72. The topological polar surface area (TPSA) is 70.6 Å². The molecular formula is C15H17ClIN3O. The molecule has 112 valence electrons. The van der Waals surface area contributed by atoms with Crippen molar-refractivity contribution in [2.24, 2.45) is 10.7 Å². The Balaban J connectivity index is 0.00000220. The number of nitrogens with zero attached hydrogens (tertiary/aromatic N) is 1. The summed E-state index contributed by atoms with van der Waals surface area (Å²) in [4.78, 5) is 4.12. The Kier molecular flexibility index (Phi) is 7.49. The van der Waals surface area contributed by atoms with Crippen molar-refractivity contribution in [3.63, 3.8) is 0 Å². The number of aliphatic hydroxyl groups excluding tert-OH is 1. The number of hydrogen-bond donors (Lipinski definition) is 3. The summed E-state index contributed by atoms with van der Waals surface area (Å²) < 4.78 is 0. The van der Waals surface area contributed by atoms with Gasteiger partial charge in [-0.2, -0.15) is 0 Å². The molecule has 1 atom stereocenters. The van der Waals surface area contributed by atoms with E-state index < -0.39 is 6.10 Å². The molecule has 0 saturated heterocycles. The van der Waals surface area contributed by atoms with Gasteiger partial charge in [0.05, 0.1) is 12.6 Å². The van der Waals surface area contributed by atoms with E-state index in [0.717, 1.165) is 11.3 Å². The van der Waals surface area contributed by atoms with Crippen LogP contribution in [0.25, 0.3) is 0 Å². The molecule has 21 heavy (non-hydrogen) atoms. The minimum atomic E-state index is -0.705. The molecule has 2 aromatic rings. The zero-order chi connectivity index (χ0) is 14.4. The van der Waals surface area contributed by atoms with Gasteiger partial charge in [0.15, 0.2) is 5.96 Å². The number of para-hydroxylation sites is 1. The van der Waals surface area contributed by atoms with Gasteiger partial charge in [0, 0.05) is 10.7 Å². The zero-order valence-electron chi connectivity index (χ0n) is 11.2. The number of aliphatic imine (C=N–C) groups is 1. The second-order valence-electron chi connectivity index (χ2n) is 4.28. The Hall–Kier alpha value is -1.31. The average Bonchev–Trinajstić information content (AvgIpc) is 2.46. The van der Waals surface area contributed by atoms with Gasteiger partial charge in [-0.3, -0.25) is 4.99 Å². The summed E-state index contributed by atoms with van der Waals surface area (Å²) in [6.07, 6.45) is -0.705. The molecule has 0 aliphatic rings. The monoisotopic (exact) mass is 417 g/mol. The summed E-state index contributed by atoms with van der Waals surface area (Å²) in [7, 11) is 0. The molecule has 2 aromatic carbocycles. The Labute approximate surface area is 146 Å². The van der Waals surface area contributed by atoms with Crippen molar-refractivity contribution in [3.8, 4) is 0 Å². The van der Waals surface area contributed by atoms with Crippen LogP contribution in [0.1, 0.15) is 11.7 Å². The number of halogens is 2. The molecule has 0 aliphatic heterocycles. The quantitative estimate of drug-likeness (QED) is 0.405. The zero-order valence-corrected chi connectivity index (χ0v) is 14.3. The number of aliphatic hydroxyl groups is 1. The minimum Gasteiger partial charge on any atom is -0.386 e. The van der Waals surface area contributed by atoms with E-state index in [1.54, 1.807) is 24.3 Å². The molecule has 0 radical (unpaired) electrons. The summed E-state index contributed by atoms with van der Waals surface area (Å²) in [5, 5.41) is 13.6. The number of guanidine groups is 1. The van der Waals surface area contributed by atoms with Crippen LogP contribution in [0.15, 0.2) is 59.6 Å². The van der Waals surface area contributed by atoms with Crippen molar-refractivity contribution < 1.29 is 5.11 Å². The van der Waals surface area contributed by atoms with Crippen LogP contribution >= 0.6 is 35.6 Å². The fourth-order valence-corrected chi connectivity index (χ4v) is 1.81. The summed E-state index contributed by atoms with van der Waals surface area (Å²) in [6, 6.07) is 16.5. The third-order valence-electron chi connectivity index (χ3n) is 2.74. The van der Waals surface area contributed by atoms with E-state index in [1.165, 1.54) is 0 Å². The number of rotatable bonds is 4. The molecule has 0 aliphatic carbocycles. The third-order valence-corrected chi connectivity index (χ3v) is 2.99. The lowest BCUT2D eigenvalue weighted by Gasteiger charge is -2.10. The molecular weight excluding hydrogens is 401 g/mol. The molecule has 0 amide bonds. The fraction of sp³-hybridized carbons (Fsp3) is 0.133. The summed E-state index contributed by atoms with van der Waals surface area (Å²) in [6.45, 7) is 0.188. The Bertz CT molecular complexity index is 575. The molecule has 0 fully saturated rings. The molecule has 2 rings (SSSR count). The highest BCUT2D eigenvalue weighted by Crippen LogP contribution is 2.16. The number of hydrogen-bond acceptors (Lipinski definition) is 2. The Morgan fingerprint density at radius 2 is 1.76 bits per heavy atom. The van der Waals surface area contributed by atoms with Crippen molar-refractivity contribution in [3.05, 3.63) is 65.2 Å².